The lowest BCUT2D eigenvalue weighted by Gasteiger charge is -2.30. The Hall–Kier alpha value is -1.59. The highest BCUT2D eigenvalue weighted by molar-refractivity contribution is 5.94. The third kappa shape index (κ3) is 4.72. The number of ether oxygens (including phenoxy) is 1. The molecule has 1 heterocycles. The topological polar surface area (TPSA) is 67.6 Å². The predicted molar refractivity (Wildman–Crippen MR) is 85.1 cm³/mol. The zero-order chi connectivity index (χ0) is 15.2. The lowest BCUT2D eigenvalue weighted by atomic mass is 10.0. The molecule has 2 rings (SSSR count). The maximum atomic E-state index is 12.3. The van der Waals surface area contributed by atoms with E-state index in [2.05, 4.69) is 10.2 Å². The molecule has 116 valence electrons. The zero-order valence-electron chi connectivity index (χ0n) is 12.8. The minimum Gasteiger partial charge on any atom is -0.399 e. The average Bonchev–Trinajstić information content (AvgIpc) is 2.47. The zero-order valence-corrected chi connectivity index (χ0v) is 12.8. The molecule has 0 aromatic heterocycles. The van der Waals surface area contributed by atoms with E-state index in [1.165, 1.54) is 6.42 Å². The summed E-state index contributed by atoms with van der Waals surface area (Å²) in [6.07, 6.45) is 2.29. The molecule has 0 bridgehead atoms. The first-order valence-electron chi connectivity index (χ1n) is 7.50. The normalized spacial score (nSPS) is 20.2. The Morgan fingerprint density at radius 2 is 2.38 bits per heavy atom. The van der Waals surface area contributed by atoms with Crippen LogP contribution in [0.25, 0.3) is 0 Å². The summed E-state index contributed by atoms with van der Waals surface area (Å²) in [4.78, 5) is 14.4. The highest BCUT2D eigenvalue weighted by Gasteiger charge is 2.22. The molecule has 1 saturated heterocycles. The van der Waals surface area contributed by atoms with Crippen LogP contribution in [0, 0.1) is 5.92 Å². The molecule has 0 saturated carbocycles. The minimum atomic E-state index is -0.187. The van der Waals surface area contributed by atoms with Crippen LogP contribution >= 0.6 is 0 Å². The summed E-state index contributed by atoms with van der Waals surface area (Å²) < 4.78 is 5.49. The second-order valence-corrected chi connectivity index (χ2v) is 5.81. The number of likely N-dealkylation sites (N-methyl/N-ethyl adjacent to an activating group) is 1. The summed E-state index contributed by atoms with van der Waals surface area (Å²) >= 11 is 0. The van der Waals surface area contributed by atoms with E-state index in [4.69, 9.17) is 10.5 Å². The molecule has 2 atom stereocenters. The van der Waals surface area contributed by atoms with Gasteiger partial charge in [0.25, 0.3) is 0 Å². The number of nitrogen functional groups attached to an aromatic ring is 1. The largest absolute Gasteiger partial charge is 0.399 e. The summed E-state index contributed by atoms with van der Waals surface area (Å²) in [5.41, 5.74) is 7.10. The van der Waals surface area contributed by atoms with Gasteiger partial charge in [0.05, 0.1) is 12.6 Å². The van der Waals surface area contributed by atoms with Crippen LogP contribution in [0.5, 0.6) is 0 Å². The number of nitrogens with two attached hydrogens (primary N) is 1. The molecule has 5 heteroatoms. The van der Waals surface area contributed by atoms with Gasteiger partial charge in [-0.05, 0) is 50.9 Å². The summed E-state index contributed by atoms with van der Waals surface area (Å²) in [5, 5.41) is 2.91. The molecule has 3 N–H and O–H groups in total. The number of carbonyl (C=O) groups is 1. The van der Waals surface area contributed by atoms with E-state index in [-0.39, 0.29) is 11.9 Å². The van der Waals surface area contributed by atoms with E-state index in [0.717, 1.165) is 31.9 Å². The second kappa shape index (κ2) is 7.43. The van der Waals surface area contributed by atoms with E-state index >= 15 is 0 Å². The summed E-state index contributed by atoms with van der Waals surface area (Å²) in [7, 11) is 1.98. The van der Waals surface area contributed by atoms with Crippen LogP contribution in [-0.4, -0.2) is 43.7 Å². The van der Waals surface area contributed by atoms with Crippen molar-refractivity contribution in [2.75, 3.05) is 37.9 Å². The predicted octanol–water partition coefficient (Wildman–Crippen LogP) is 1.95. The molecule has 1 aromatic rings. The quantitative estimate of drug-likeness (QED) is 0.814. The van der Waals surface area contributed by atoms with Crippen molar-refractivity contribution in [1.82, 2.24) is 4.90 Å². The van der Waals surface area contributed by atoms with Crippen LogP contribution in [0.1, 0.15) is 19.8 Å². The van der Waals surface area contributed by atoms with E-state index in [9.17, 15) is 4.79 Å². The number of nitrogens with zero attached hydrogens (tertiary/aromatic N) is 1. The first kappa shape index (κ1) is 15.8. The number of benzene rings is 1. The molecular formula is C16H25N3O2. The Bertz CT molecular complexity index is 472. The van der Waals surface area contributed by atoms with E-state index in [1.807, 2.05) is 26.1 Å². The van der Waals surface area contributed by atoms with Crippen LogP contribution in [0.4, 0.5) is 11.4 Å². The van der Waals surface area contributed by atoms with Gasteiger partial charge in [-0.25, -0.2) is 0 Å². The fraction of sp³-hybridized carbons (Fsp3) is 0.562. The molecule has 21 heavy (non-hydrogen) atoms. The van der Waals surface area contributed by atoms with Crippen molar-refractivity contribution >= 4 is 17.3 Å². The van der Waals surface area contributed by atoms with Crippen LogP contribution < -0.4 is 11.1 Å². The number of nitrogens with one attached hydrogen (secondary N) is 1. The maximum absolute atomic E-state index is 12.3. The van der Waals surface area contributed by atoms with Gasteiger partial charge in [0.15, 0.2) is 0 Å². The molecule has 0 aliphatic carbocycles. The van der Waals surface area contributed by atoms with Crippen molar-refractivity contribution in [2.24, 2.45) is 5.92 Å². The highest BCUT2D eigenvalue weighted by atomic mass is 16.5. The van der Waals surface area contributed by atoms with Gasteiger partial charge < -0.3 is 15.8 Å². The van der Waals surface area contributed by atoms with Gasteiger partial charge in [-0.2, -0.15) is 0 Å². The Balaban J connectivity index is 1.85. The van der Waals surface area contributed by atoms with Crippen LogP contribution in [0.3, 0.4) is 0 Å². The molecule has 5 nitrogen and oxygen atoms in total. The monoisotopic (exact) mass is 291 g/mol. The molecule has 1 amide bonds. The van der Waals surface area contributed by atoms with Crippen molar-refractivity contribution in [2.45, 2.75) is 25.8 Å². The van der Waals surface area contributed by atoms with Crippen LogP contribution in [-0.2, 0) is 9.53 Å². The fourth-order valence-electron chi connectivity index (χ4n) is 2.58. The van der Waals surface area contributed by atoms with Gasteiger partial charge in [0.2, 0.25) is 5.91 Å². The van der Waals surface area contributed by atoms with Crippen molar-refractivity contribution in [3.05, 3.63) is 24.3 Å². The molecule has 1 aliphatic rings. The standard InChI is InChI=1S/C16H25N3O2/c1-12(19(2)10-13-5-4-8-21-11-13)16(20)18-15-7-3-6-14(17)9-15/h3,6-7,9,12-13H,4-5,8,10-11,17H2,1-2H3,(H,18,20). The number of carbonyl (C=O) groups excluding carboxylic acids is 1. The molecule has 2 unspecified atom stereocenters. The van der Waals surface area contributed by atoms with Crippen molar-refractivity contribution in [3.8, 4) is 0 Å². The number of hydrogen-bond acceptors (Lipinski definition) is 4. The molecule has 1 aromatic carbocycles. The van der Waals surface area contributed by atoms with E-state index in [1.54, 1.807) is 12.1 Å². The van der Waals surface area contributed by atoms with Gasteiger partial charge in [-0.15, -0.1) is 0 Å². The van der Waals surface area contributed by atoms with Crippen LogP contribution in [0.15, 0.2) is 24.3 Å². The average molecular weight is 291 g/mol. The summed E-state index contributed by atoms with van der Waals surface area (Å²) in [6.45, 7) is 4.47. The third-order valence-electron chi connectivity index (χ3n) is 4.00. The number of anilines is 2. The molecule has 0 radical (unpaired) electrons. The molecule has 1 aliphatic heterocycles. The SMILES string of the molecule is CC(C(=O)Nc1cccc(N)c1)N(C)CC1CCCOC1. The van der Waals surface area contributed by atoms with E-state index < -0.39 is 0 Å². The fourth-order valence-corrected chi connectivity index (χ4v) is 2.58. The Labute approximate surface area is 126 Å². The first-order chi connectivity index (χ1) is 10.1. The third-order valence-corrected chi connectivity index (χ3v) is 4.00. The maximum Gasteiger partial charge on any atom is 0.241 e. The minimum absolute atomic E-state index is 0.0140. The number of amides is 1. The van der Waals surface area contributed by atoms with E-state index in [0.29, 0.717) is 11.6 Å². The summed E-state index contributed by atoms with van der Waals surface area (Å²) in [6, 6.07) is 7.05. The van der Waals surface area contributed by atoms with Crippen molar-refractivity contribution in [3.63, 3.8) is 0 Å². The molecular weight excluding hydrogens is 266 g/mol. The van der Waals surface area contributed by atoms with Gasteiger partial charge in [0.1, 0.15) is 0 Å². The van der Waals surface area contributed by atoms with Gasteiger partial charge in [0, 0.05) is 24.5 Å². The summed E-state index contributed by atoms with van der Waals surface area (Å²) in [5.74, 6) is 0.506. The molecule has 0 spiro atoms. The van der Waals surface area contributed by atoms with Gasteiger partial charge >= 0.3 is 0 Å². The lowest BCUT2D eigenvalue weighted by molar-refractivity contribution is -0.120. The first-order valence-corrected chi connectivity index (χ1v) is 7.50. The molecule has 1 fully saturated rings. The number of rotatable bonds is 5. The Morgan fingerprint density at radius 1 is 1.57 bits per heavy atom. The van der Waals surface area contributed by atoms with Crippen molar-refractivity contribution < 1.29 is 9.53 Å². The second-order valence-electron chi connectivity index (χ2n) is 5.81. The smallest absolute Gasteiger partial charge is 0.241 e. The Morgan fingerprint density at radius 3 is 3.05 bits per heavy atom. The lowest BCUT2D eigenvalue weighted by Crippen LogP contribution is -2.43. The van der Waals surface area contributed by atoms with Gasteiger partial charge in [-0.1, -0.05) is 6.07 Å². The van der Waals surface area contributed by atoms with Gasteiger partial charge in [-0.3, -0.25) is 9.69 Å². The van der Waals surface area contributed by atoms with Crippen molar-refractivity contribution in [1.29, 1.82) is 0 Å². The van der Waals surface area contributed by atoms with Crippen LogP contribution in [0.2, 0.25) is 0 Å². The number of hydrogen-bond donors (Lipinski definition) is 2. The Kier molecular flexibility index (Phi) is 5.59. The highest BCUT2D eigenvalue weighted by Crippen LogP contribution is 2.16.